The molecule has 1 atom stereocenters. The van der Waals surface area contributed by atoms with Gasteiger partial charge in [0.15, 0.2) is 0 Å². The van der Waals surface area contributed by atoms with Gasteiger partial charge < -0.3 is 9.80 Å². The highest BCUT2D eigenvalue weighted by Gasteiger charge is 2.38. The zero-order valence-corrected chi connectivity index (χ0v) is 24.1. The molecule has 0 saturated carbocycles. The first-order chi connectivity index (χ1) is 20.2. The highest BCUT2D eigenvalue weighted by molar-refractivity contribution is 5.66. The number of halogens is 6. The van der Waals surface area contributed by atoms with Crippen LogP contribution in [0, 0.1) is 20.8 Å². The van der Waals surface area contributed by atoms with E-state index in [1.54, 1.807) is 24.3 Å². The fourth-order valence-corrected chi connectivity index (χ4v) is 5.72. The molecule has 228 valence electrons. The Bertz CT molecular complexity index is 1570. The first-order valence-electron chi connectivity index (χ1n) is 13.8. The van der Waals surface area contributed by atoms with Crippen molar-refractivity contribution in [1.82, 2.24) is 25.2 Å². The largest absolute Gasteiger partial charge is 0.416 e. The quantitative estimate of drug-likeness (QED) is 0.219. The zero-order valence-electron chi connectivity index (χ0n) is 24.1. The Labute approximate surface area is 245 Å². The Morgan fingerprint density at radius 3 is 2.12 bits per heavy atom. The molecule has 0 amide bonds. The normalized spacial score (nSPS) is 15.8. The van der Waals surface area contributed by atoms with Gasteiger partial charge in [-0.25, -0.2) is 0 Å². The minimum atomic E-state index is -4.96. The van der Waals surface area contributed by atoms with Crippen LogP contribution in [0.1, 0.15) is 63.4 Å². The fourth-order valence-electron chi connectivity index (χ4n) is 5.72. The minimum Gasteiger partial charge on any atom is -0.367 e. The number of rotatable bonds is 6. The molecule has 0 spiro atoms. The Morgan fingerprint density at radius 2 is 1.53 bits per heavy atom. The number of aryl methyl sites for hydroxylation is 2. The molecule has 0 aliphatic carbocycles. The number of tetrazole rings is 1. The van der Waals surface area contributed by atoms with Crippen molar-refractivity contribution in [3.8, 4) is 0 Å². The van der Waals surface area contributed by atoms with Crippen molar-refractivity contribution in [1.29, 1.82) is 0 Å². The molecule has 4 aromatic rings. The fraction of sp³-hybridized carbons (Fsp3) is 0.400. The molecule has 0 unspecified atom stereocenters. The van der Waals surface area contributed by atoms with E-state index in [0.717, 1.165) is 45.6 Å². The number of hydrogen-bond acceptors (Lipinski definition) is 6. The van der Waals surface area contributed by atoms with Gasteiger partial charge in [-0.05, 0) is 103 Å². The number of benzene rings is 2. The predicted octanol–water partition coefficient (Wildman–Crippen LogP) is 7.12. The number of hydrogen-bond donors (Lipinski definition) is 0. The number of alkyl halides is 6. The van der Waals surface area contributed by atoms with Crippen LogP contribution in [0.4, 0.5) is 38.0 Å². The number of anilines is 2. The number of fused-ring (bicyclic) bond motifs is 1. The van der Waals surface area contributed by atoms with Gasteiger partial charge in [-0.3, -0.25) is 4.98 Å². The predicted molar refractivity (Wildman–Crippen MR) is 149 cm³/mol. The Morgan fingerprint density at radius 1 is 0.884 bits per heavy atom. The van der Waals surface area contributed by atoms with E-state index in [1.807, 2.05) is 32.9 Å². The van der Waals surface area contributed by atoms with Crippen LogP contribution in [0.5, 0.6) is 0 Å². The molecule has 43 heavy (non-hydrogen) atoms. The summed E-state index contributed by atoms with van der Waals surface area (Å²) in [6, 6.07) is 7.16. The van der Waals surface area contributed by atoms with Crippen molar-refractivity contribution < 1.29 is 26.3 Å². The maximum Gasteiger partial charge on any atom is 0.416 e. The van der Waals surface area contributed by atoms with Gasteiger partial charge in [0.25, 0.3) is 5.95 Å². The van der Waals surface area contributed by atoms with Crippen LogP contribution in [0.25, 0.3) is 0 Å². The summed E-state index contributed by atoms with van der Waals surface area (Å²) in [7, 11) is 1.55. The molecule has 7 nitrogen and oxygen atoms in total. The van der Waals surface area contributed by atoms with Crippen molar-refractivity contribution in [2.24, 2.45) is 7.05 Å². The van der Waals surface area contributed by atoms with Crippen LogP contribution in [-0.4, -0.2) is 31.7 Å². The molecular formula is C30H31F6N7. The molecule has 0 N–H and O–H groups in total. The van der Waals surface area contributed by atoms with E-state index in [0.29, 0.717) is 25.9 Å². The Balaban J connectivity index is 1.65. The van der Waals surface area contributed by atoms with Crippen LogP contribution in [0.2, 0.25) is 0 Å². The van der Waals surface area contributed by atoms with E-state index in [-0.39, 0.29) is 24.1 Å². The summed E-state index contributed by atoms with van der Waals surface area (Å²) in [4.78, 5) is 9.28. The van der Waals surface area contributed by atoms with Gasteiger partial charge in [0.2, 0.25) is 0 Å². The third-order valence-corrected chi connectivity index (χ3v) is 7.99. The van der Waals surface area contributed by atoms with Gasteiger partial charge in [0.1, 0.15) is 0 Å². The zero-order chi connectivity index (χ0) is 31.1. The van der Waals surface area contributed by atoms with Crippen LogP contribution in [-0.2, 0) is 32.5 Å². The number of aromatic nitrogens is 5. The highest BCUT2D eigenvalue weighted by atomic mass is 19.4. The summed E-state index contributed by atoms with van der Waals surface area (Å²) in [6.07, 6.45) is -5.19. The molecule has 2 aromatic carbocycles. The molecule has 13 heteroatoms. The van der Waals surface area contributed by atoms with Crippen molar-refractivity contribution >= 4 is 11.6 Å². The summed E-state index contributed by atoms with van der Waals surface area (Å²) in [5.74, 6) is 0.114. The van der Waals surface area contributed by atoms with Gasteiger partial charge in [0, 0.05) is 37.7 Å². The van der Waals surface area contributed by atoms with Crippen LogP contribution < -0.4 is 9.80 Å². The summed E-state index contributed by atoms with van der Waals surface area (Å²) in [5.41, 5.74) is 3.25. The monoisotopic (exact) mass is 603 g/mol. The standard InChI is InChI=1S/C30H31F6N7/c1-18-12-25-26(6-5-11-42(27(25)20(3)19(18)2)16-21-7-9-37-10-8-21)43(28-38-40-41(4)39-28)17-22-13-23(29(31,32)33)15-24(14-22)30(34,35)36/h7-10,12-15,26H,5-6,11,16-17H2,1-4H3/t26-/m0/s1. The van der Waals surface area contributed by atoms with Crippen molar-refractivity contribution in [3.63, 3.8) is 0 Å². The highest BCUT2D eigenvalue weighted by Crippen LogP contribution is 2.44. The molecule has 1 aliphatic rings. The number of pyridine rings is 1. The molecule has 1 aliphatic heterocycles. The van der Waals surface area contributed by atoms with E-state index >= 15 is 0 Å². The van der Waals surface area contributed by atoms with Crippen LogP contribution in [0.15, 0.2) is 48.8 Å². The number of nitrogens with zero attached hydrogens (tertiary/aromatic N) is 7. The van der Waals surface area contributed by atoms with Gasteiger partial charge in [-0.15, -0.1) is 5.10 Å². The molecule has 0 fully saturated rings. The summed E-state index contributed by atoms with van der Waals surface area (Å²) < 4.78 is 82.4. The average Bonchev–Trinajstić information content (AvgIpc) is 3.29. The second-order valence-electron chi connectivity index (χ2n) is 10.9. The summed E-state index contributed by atoms with van der Waals surface area (Å²) in [6.45, 7) is 7.08. The van der Waals surface area contributed by atoms with E-state index < -0.39 is 29.5 Å². The lowest BCUT2D eigenvalue weighted by Crippen LogP contribution is -2.30. The van der Waals surface area contributed by atoms with Crippen molar-refractivity contribution in [2.75, 3.05) is 16.3 Å². The SMILES string of the molecule is Cc1cc2c(c(C)c1C)N(Cc1ccncc1)CCC[C@@H]2N(Cc1cc(C(F)(F)F)cc(C(F)(F)F)c1)c1nnn(C)n1. The third-order valence-electron chi connectivity index (χ3n) is 7.99. The van der Waals surface area contributed by atoms with Crippen LogP contribution in [0.3, 0.4) is 0 Å². The van der Waals surface area contributed by atoms with E-state index in [4.69, 9.17) is 0 Å². The Kier molecular flexibility index (Phi) is 8.10. The molecule has 0 bridgehead atoms. The lowest BCUT2D eigenvalue weighted by atomic mass is 9.91. The third kappa shape index (κ3) is 6.45. The molecule has 0 radical (unpaired) electrons. The summed E-state index contributed by atoms with van der Waals surface area (Å²) in [5, 5.41) is 12.4. The minimum absolute atomic E-state index is 0.114. The molecule has 5 rings (SSSR count). The lowest BCUT2D eigenvalue weighted by molar-refractivity contribution is -0.143. The Hall–Kier alpha value is -4.16. The molecular weight excluding hydrogens is 572 g/mol. The molecule has 3 heterocycles. The van der Waals surface area contributed by atoms with E-state index in [2.05, 4.69) is 31.4 Å². The van der Waals surface area contributed by atoms with Crippen molar-refractivity contribution in [2.45, 2.75) is 65.1 Å². The summed E-state index contributed by atoms with van der Waals surface area (Å²) >= 11 is 0. The molecule has 2 aromatic heterocycles. The first kappa shape index (κ1) is 30.3. The van der Waals surface area contributed by atoms with Gasteiger partial charge in [-0.2, -0.15) is 31.1 Å². The second-order valence-corrected chi connectivity index (χ2v) is 10.9. The van der Waals surface area contributed by atoms with Gasteiger partial charge >= 0.3 is 12.4 Å². The lowest BCUT2D eigenvalue weighted by Gasteiger charge is -2.34. The van der Waals surface area contributed by atoms with Gasteiger partial charge in [-0.1, -0.05) is 11.2 Å². The van der Waals surface area contributed by atoms with E-state index in [9.17, 15) is 26.3 Å². The topological polar surface area (TPSA) is 63.0 Å². The van der Waals surface area contributed by atoms with Gasteiger partial charge in [0.05, 0.1) is 24.2 Å². The first-order valence-corrected chi connectivity index (χ1v) is 13.8. The van der Waals surface area contributed by atoms with Crippen LogP contribution >= 0.6 is 0 Å². The van der Waals surface area contributed by atoms with E-state index in [1.165, 1.54) is 4.80 Å². The smallest absolute Gasteiger partial charge is 0.367 e. The maximum absolute atomic E-state index is 13.7. The average molecular weight is 604 g/mol. The second kappa shape index (κ2) is 11.5. The molecule has 0 saturated heterocycles. The maximum atomic E-state index is 13.7. The van der Waals surface area contributed by atoms with Crippen molar-refractivity contribution in [3.05, 3.63) is 93.3 Å².